The van der Waals surface area contributed by atoms with E-state index in [1.165, 1.54) is 6.92 Å². The summed E-state index contributed by atoms with van der Waals surface area (Å²) in [5.41, 5.74) is 3.36. The quantitative estimate of drug-likeness (QED) is 0.111. The Morgan fingerprint density at radius 3 is 2.31 bits per heavy atom. The van der Waals surface area contributed by atoms with Crippen LogP contribution in [-0.4, -0.2) is 43.5 Å². The normalized spacial score (nSPS) is 15.2. The number of furan rings is 1. The van der Waals surface area contributed by atoms with Crippen molar-refractivity contribution in [3.05, 3.63) is 102 Å². The van der Waals surface area contributed by atoms with Crippen LogP contribution >= 0.6 is 0 Å². The number of nitrogens with zero attached hydrogens (tertiary/aromatic N) is 1. The Labute approximate surface area is 303 Å². The van der Waals surface area contributed by atoms with Gasteiger partial charge in [0.1, 0.15) is 11.3 Å². The molecule has 0 saturated carbocycles. The molecule has 0 saturated heterocycles. The molecule has 9 nitrogen and oxygen atoms in total. The van der Waals surface area contributed by atoms with Gasteiger partial charge in [0.05, 0.1) is 21.6 Å². The van der Waals surface area contributed by atoms with Crippen LogP contribution in [0, 0.1) is 0 Å². The van der Waals surface area contributed by atoms with E-state index in [0.29, 0.717) is 48.7 Å². The second-order valence-electron chi connectivity index (χ2n) is 11.9. The van der Waals surface area contributed by atoms with Crippen molar-refractivity contribution in [1.29, 1.82) is 0 Å². The number of unbranched alkanes of at least 4 members (excludes halogenated alkanes) is 1. The Morgan fingerprint density at radius 2 is 1.62 bits per heavy atom. The van der Waals surface area contributed by atoms with E-state index in [0.717, 1.165) is 43.8 Å². The van der Waals surface area contributed by atoms with Gasteiger partial charge in [0.25, 0.3) is 10.1 Å². The Kier molecular flexibility index (Phi) is 11.1. The van der Waals surface area contributed by atoms with Crippen LogP contribution in [0.2, 0.25) is 0 Å². The van der Waals surface area contributed by atoms with E-state index in [4.69, 9.17) is 9.15 Å². The molecule has 1 N–H and O–H groups in total. The predicted octanol–water partition coefficient (Wildman–Crippen LogP) is 4.81. The van der Waals surface area contributed by atoms with Gasteiger partial charge in [-0.15, -0.1) is 0 Å². The molecule has 1 aliphatic heterocycles. The van der Waals surface area contributed by atoms with Crippen LogP contribution in [0.4, 0.5) is 5.69 Å². The zero-order valence-corrected chi connectivity index (χ0v) is 30.8. The van der Waals surface area contributed by atoms with Gasteiger partial charge in [-0.1, -0.05) is 61.5 Å². The number of rotatable bonds is 12. The van der Waals surface area contributed by atoms with Crippen molar-refractivity contribution in [2.75, 3.05) is 17.2 Å². The van der Waals surface area contributed by atoms with Crippen LogP contribution in [0.25, 0.3) is 38.6 Å². The molecule has 1 unspecified atom stereocenters. The second kappa shape index (κ2) is 14.8. The number of hydrogen-bond acceptors (Lipinski definition) is 8. The maximum absolute atomic E-state index is 11.7. The van der Waals surface area contributed by atoms with Crippen LogP contribution in [0.1, 0.15) is 50.9 Å². The third-order valence-electron chi connectivity index (χ3n) is 8.67. The number of ether oxygens (including phenoxy) is 1. The molecule has 0 amide bonds. The van der Waals surface area contributed by atoms with Gasteiger partial charge in [-0.2, -0.15) is 8.42 Å². The second-order valence-corrected chi connectivity index (χ2v) is 15.3. The SMILES string of the molecule is CCC(/C=C1\Oc2ccc3ccccc3c2N1CCC(C)S(=O)(=O)[O-])=C\c1oc2cc3ccccc3cc2c1CCCCS(=O)(=O)O.[Na+]. The Balaban J connectivity index is 0.00000451. The molecule has 1 aliphatic rings. The topological polar surface area (TPSA) is 137 Å². The number of allylic oxidation sites excluding steroid dienone is 2. The first-order valence-electron chi connectivity index (χ1n) is 15.6. The summed E-state index contributed by atoms with van der Waals surface area (Å²) >= 11 is 0. The van der Waals surface area contributed by atoms with Crippen molar-refractivity contribution in [2.24, 2.45) is 0 Å². The van der Waals surface area contributed by atoms with Gasteiger partial charge in [-0.05, 0) is 85.0 Å². The number of fused-ring (bicyclic) bond motifs is 5. The number of benzene rings is 4. The summed E-state index contributed by atoms with van der Waals surface area (Å²) < 4.78 is 80.0. The minimum atomic E-state index is -4.46. The van der Waals surface area contributed by atoms with Crippen molar-refractivity contribution in [3.8, 4) is 5.75 Å². The van der Waals surface area contributed by atoms with Crippen LogP contribution < -0.4 is 39.2 Å². The molecule has 1 aromatic heterocycles. The maximum atomic E-state index is 11.7. The van der Waals surface area contributed by atoms with Gasteiger partial charge >= 0.3 is 29.6 Å². The first kappa shape index (κ1) is 36.1. The average molecular weight is 698 g/mol. The van der Waals surface area contributed by atoms with E-state index >= 15 is 0 Å². The van der Waals surface area contributed by atoms with Crippen molar-refractivity contribution in [2.45, 2.75) is 51.2 Å². The van der Waals surface area contributed by atoms with Crippen molar-refractivity contribution in [1.82, 2.24) is 0 Å². The van der Waals surface area contributed by atoms with Gasteiger partial charge < -0.3 is 18.6 Å². The fourth-order valence-electron chi connectivity index (χ4n) is 6.04. The van der Waals surface area contributed by atoms with Crippen LogP contribution in [0.3, 0.4) is 0 Å². The van der Waals surface area contributed by atoms with Gasteiger partial charge in [0.2, 0.25) is 5.88 Å². The third kappa shape index (κ3) is 8.00. The largest absolute Gasteiger partial charge is 1.00 e. The van der Waals surface area contributed by atoms with Gasteiger partial charge in [-0.25, -0.2) is 8.42 Å². The van der Waals surface area contributed by atoms with Crippen molar-refractivity contribution < 1.29 is 64.7 Å². The van der Waals surface area contributed by atoms with Crippen LogP contribution in [0.5, 0.6) is 5.75 Å². The molecule has 12 heteroatoms. The Hall–Kier alpha value is -3.16. The molecule has 0 bridgehead atoms. The van der Waals surface area contributed by atoms with E-state index in [-0.39, 0.29) is 48.3 Å². The minimum Gasteiger partial charge on any atom is -0.748 e. The molecular weight excluding hydrogens is 662 g/mol. The van der Waals surface area contributed by atoms with Gasteiger partial charge in [-0.3, -0.25) is 4.55 Å². The first-order valence-corrected chi connectivity index (χ1v) is 18.7. The first-order chi connectivity index (χ1) is 22.4. The summed E-state index contributed by atoms with van der Waals surface area (Å²) in [5.74, 6) is 1.49. The zero-order chi connectivity index (χ0) is 33.3. The smallest absolute Gasteiger partial charge is 0.748 e. The number of hydrogen-bond donors (Lipinski definition) is 1. The molecule has 2 heterocycles. The van der Waals surface area contributed by atoms with Gasteiger partial charge in [0, 0.05) is 34.2 Å². The Bertz CT molecular complexity index is 2260. The number of aryl methyl sites for hydroxylation is 1. The summed E-state index contributed by atoms with van der Waals surface area (Å²) in [6, 6.07) is 23.8. The standard InChI is InChI=1S/C36H37NO8S2.Na/c1-3-25(20-33-30(14-8-9-19-46(38,39)40)31-22-27-11-4-5-12-28(27)23-34(31)44-33)21-35-37(18-17-24(2)47(41,42)43)36-29-13-7-6-10-26(29)15-16-32(36)45-35;/h4-7,10-13,15-16,20-24H,3,8-9,14,17-19H2,1-2H3,(H,38,39,40)(H,41,42,43);/q;+1/p-1/b25-20+,35-21-;. The zero-order valence-electron chi connectivity index (χ0n) is 27.2. The molecule has 0 spiro atoms. The summed E-state index contributed by atoms with van der Waals surface area (Å²) in [4.78, 5) is 1.93. The van der Waals surface area contributed by atoms with Gasteiger partial charge in [0.15, 0.2) is 5.75 Å². The molecule has 4 aromatic carbocycles. The number of anilines is 1. The summed E-state index contributed by atoms with van der Waals surface area (Å²) in [6.07, 6.45) is 5.99. The molecule has 0 fully saturated rings. The summed E-state index contributed by atoms with van der Waals surface area (Å²) in [5, 5.41) is 3.92. The predicted molar refractivity (Wildman–Crippen MR) is 185 cm³/mol. The van der Waals surface area contributed by atoms with Crippen LogP contribution in [-0.2, 0) is 26.7 Å². The molecule has 6 rings (SSSR count). The van der Waals surface area contributed by atoms with E-state index in [1.54, 1.807) is 0 Å². The molecule has 48 heavy (non-hydrogen) atoms. The molecule has 0 aliphatic carbocycles. The summed E-state index contributed by atoms with van der Waals surface area (Å²) in [6.45, 7) is 3.69. The molecule has 246 valence electrons. The molecular formula is C36H36NNaO8S2. The maximum Gasteiger partial charge on any atom is 1.00 e. The summed E-state index contributed by atoms with van der Waals surface area (Å²) in [7, 11) is -8.51. The van der Waals surface area contributed by atoms with E-state index in [1.807, 2.05) is 90.7 Å². The monoisotopic (exact) mass is 697 g/mol. The van der Waals surface area contributed by atoms with E-state index in [2.05, 4.69) is 6.07 Å². The van der Waals surface area contributed by atoms with Crippen molar-refractivity contribution >= 4 is 64.5 Å². The fourth-order valence-corrected chi connectivity index (χ4v) is 7.01. The molecule has 5 aromatic rings. The molecule has 0 radical (unpaired) electrons. The third-order valence-corrected chi connectivity index (χ3v) is 10.7. The average Bonchev–Trinajstić information content (AvgIpc) is 3.55. The fraction of sp³-hybridized carbons (Fsp3) is 0.278. The Morgan fingerprint density at radius 1 is 0.938 bits per heavy atom. The van der Waals surface area contributed by atoms with E-state index in [9.17, 15) is 25.9 Å². The molecule has 1 atom stereocenters. The minimum absolute atomic E-state index is 0. The van der Waals surface area contributed by atoms with Crippen molar-refractivity contribution in [3.63, 3.8) is 0 Å². The van der Waals surface area contributed by atoms with Crippen LogP contribution in [0.15, 0.2) is 94.7 Å². The van der Waals surface area contributed by atoms with E-state index < -0.39 is 25.5 Å².